The molecule has 4 rings (SSSR count). The summed E-state index contributed by atoms with van der Waals surface area (Å²) in [6.45, 7) is 4.94. The summed E-state index contributed by atoms with van der Waals surface area (Å²) in [6.07, 6.45) is 0. The van der Waals surface area contributed by atoms with Crippen LogP contribution in [-0.4, -0.2) is 60.3 Å². The Morgan fingerprint density at radius 2 is 1.74 bits per heavy atom. The molecule has 0 aromatic heterocycles. The number of nitrogens with one attached hydrogen (secondary N) is 1. The van der Waals surface area contributed by atoms with Gasteiger partial charge in [0.15, 0.2) is 11.5 Å². The Hall–Kier alpha value is -2.77. The molecule has 27 heavy (non-hydrogen) atoms. The highest BCUT2D eigenvalue weighted by Gasteiger charge is 2.20. The minimum atomic E-state index is -0.110. The molecule has 0 saturated carbocycles. The largest absolute Gasteiger partial charge is 0.506 e. The summed E-state index contributed by atoms with van der Waals surface area (Å²) in [7, 11) is 0. The van der Waals surface area contributed by atoms with Crippen LogP contribution >= 0.6 is 0 Å². The van der Waals surface area contributed by atoms with Crippen LogP contribution in [0.15, 0.2) is 42.5 Å². The van der Waals surface area contributed by atoms with Crippen LogP contribution in [0.25, 0.3) is 0 Å². The van der Waals surface area contributed by atoms with Gasteiger partial charge in [0.05, 0.1) is 12.2 Å². The lowest BCUT2D eigenvalue weighted by molar-refractivity contribution is -0.117. The number of piperazine rings is 1. The SMILES string of the molecule is O=C(CN1CCN(Cc2ccc3c(c2)OCO3)CC1)Nc1ccccc1O. The van der Waals surface area contributed by atoms with Gasteiger partial charge >= 0.3 is 0 Å². The number of para-hydroxylation sites is 2. The van der Waals surface area contributed by atoms with Gasteiger partial charge in [0.25, 0.3) is 0 Å². The highest BCUT2D eigenvalue weighted by molar-refractivity contribution is 5.93. The molecule has 2 aromatic rings. The van der Waals surface area contributed by atoms with Crippen molar-refractivity contribution in [2.24, 2.45) is 0 Å². The fourth-order valence-corrected chi connectivity index (χ4v) is 3.38. The van der Waals surface area contributed by atoms with E-state index in [0.29, 0.717) is 19.0 Å². The van der Waals surface area contributed by atoms with Crippen molar-refractivity contribution < 1.29 is 19.4 Å². The van der Waals surface area contributed by atoms with E-state index in [0.717, 1.165) is 44.2 Å². The highest BCUT2D eigenvalue weighted by atomic mass is 16.7. The Morgan fingerprint density at radius 1 is 1.00 bits per heavy atom. The van der Waals surface area contributed by atoms with Gasteiger partial charge in [0.1, 0.15) is 5.75 Å². The maximum atomic E-state index is 12.2. The Bertz CT molecular complexity index is 819. The number of fused-ring (bicyclic) bond motifs is 1. The van der Waals surface area contributed by atoms with E-state index in [9.17, 15) is 9.90 Å². The van der Waals surface area contributed by atoms with Crippen LogP contribution in [0.3, 0.4) is 0 Å². The van der Waals surface area contributed by atoms with Gasteiger partial charge < -0.3 is 19.9 Å². The number of rotatable bonds is 5. The van der Waals surface area contributed by atoms with Crippen LogP contribution < -0.4 is 14.8 Å². The third kappa shape index (κ3) is 4.32. The standard InChI is InChI=1S/C20H23N3O4/c24-17-4-2-1-3-16(17)21-20(25)13-23-9-7-22(8-10-23)12-15-5-6-18-19(11-15)27-14-26-18/h1-6,11,24H,7-10,12-14H2,(H,21,25). The van der Waals surface area contributed by atoms with Gasteiger partial charge in [0, 0.05) is 32.7 Å². The number of phenols is 1. The molecule has 2 heterocycles. The molecule has 1 saturated heterocycles. The minimum absolute atomic E-state index is 0.0828. The average Bonchev–Trinajstić information content (AvgIpc) is 3.13. The number of carbonyl (C=O) groups excluding carboxylic acids is 1. The Labute approximate surface area is 158 Å². The predicted molar refractivity (Wildman–Crippen MR) is 101 cm³/mol. The lowest BCUT2D eigenvalue weighted by Gasteiger charge is -2.34. The molecule has 1 fully saturated rings. The van der Waals surface area contributed by atoms with Gasteiger partial charge in [-0.25, -0.2) is 0 Å². The van der Waals surface area contributed by atoms with Gasteiger partial charge in [-0.15, -0.1) is 0 Å². The second kappa shape index (κ2) is 7.85. The number of hydrogen-bond donors (Lipinski definition) is 2. The maximum absolute atomic E-state index is 12.2. The number of aromatic hydroxyl groups is 1. The van der Waals surface area contributed by atoms with Crippen LogP contribution in [0.2, 0.25) is 0 Å². The fourth-order valence-electron chi connectivity index (χ4n) is 3.38. The molecular weight excluding hydrogens is 346 g/mol. The molecule has 2 aromatic carbocycles. The van der Waals surface area contributed by atoms with Crippen LogP contribution in [-0.2, 0) is 11.3 Å². The fraction of sp³-hybridized carbons (Fsp3) is 0.350. The second-order valence-electron chi connectivity index (χ2n) is 6.81. The molecule has 2 aliphatic heterocycles. The van der Waals surface area contributed by atoms with Crippen molar-refractivity contribution in [3.63, 3.8) is 0 Å². The summed E-state index contributed by atoms with van der Waals surface area (Å²) in [5.41, 5.74) is 1.65. The summed E-state index contributed by atoms with van der Waals surface area (Å²) in [5, 5.41) is 12.5. The molecule has 0 aliphatic carbocycles. The third-order valence-corrected chi connectivity index (χ3v) is 4.85. The van der Waals surface area contributed by atoms with Crippen molar-refractivity contribution in [1.29, 1.82) is 0 Å². The molecule has 0 spiro atoms. The van der Waals surface area contributed by atoms with Crippen LogP contribution in [0, 0.1) is 0 Å². The van der Waals surface area contributed by atoms with E-state index < -0.39 is 0 Å². The zero-order valence-corrected chi connectivity index (χ0v) is 15.1. The number of nitrogens with zero attached hydrogens (tertiary/aromatic N) is 2. The summed E-state index contributed by atoms with van der Waals surface area (Å²) in [4.78, 5) is 16.7. The summed E-state index contributed by atoms with van der Waals surface area (Å²) >= 11 is 0. The number of carbonyl (C=O) groups is 1. The molecule has 2 aliphatic rings. The molecule has 142 valence electrons. The van der Waals surface area contributed by atoms with Gasteiger partial charge in [-0.3, -0.25) is 14.6 Å². The van der Waals surface area contributed by atoms with E-state index in [1.54, 1.807) is 24.3 Å². The van der Waals surface area contributed by atoms with Gasteiger partial charge in [-0.2, -0.15) is 0 Å². The van der Waals surface area contributed by atoms with Crippen molar-refractivity contribution in [3.8, 4) is 17.2 Å². The van der Waals surface area contributed by atoms with Crippen molar-refractivity contribution >= 4 is 11.6 Å². The molecule has 0 unspecified atom stereocenters. The van der Waals surface area contributed by atoms with Gasteiger partial charge in [0.2, 0.25) is 12.7 Å². The molecule has 0 atom stereocenters. The minimum Gasteiger partial charge on any atom is -0.506 e. The van der Waals surface area contributed by atoms with Crippen molar-refractivity contribution in [3.05, 3.63) is 48.0 Å². The first-order chi connectivity index (χ1) is 13.2. The molecule has 2 N–H and O–H groups in total. The monoisotopic (exact) mass is 369 g/mol. The van der Waals surface area contributed by atoms with E-state index in [4.69, 9.17) is 9.47 Å². The smallest absolute Gasteiger partial charge is 0.238 e. The number of phenolic OH excluding ortho intramolecular Hbond substituents is 1. The van der Waals surface area contributed by atoms with E-state index in [1.165, 1.54) is 5.56 Å². The number of benzene rings is 2. The highest BCUT2D eigenvalue weighted by Crippen LogP contribution is 2.32. The number of amides is 1. The average molecular weight is 369 g/mol. The molecule has 0 radical (unpaired) electrons. The van der Waals surface area contributed by atoms with Crippen LogP contribution in [0.1, 0.15) is 5.56 Å². The van der Waals surface area contributed by atoms with E-state index >= 15 is 0 Å². The van der Waals surface area contributed by atoms with Gasteiger partial charge in [-0.1, -0.05) is 18.2 Å². The van der Waals surface area contributed by atoms with E-state index in [2.05, 4.69) is 21.2 Å². The quantitative estimate of drug-likeness (QED) is 0.784. The maximum Gasteiger partial charge on any atom is 0.238 e. The molecule has 7 heteroatoms. The molecule has 1 amide bonds. The van der Waals surface area contributed by atoms with Crippen molar-refractivity contribution in [1.82, 2.24) is 9.80 Å². The third-order valence-electron chi connectivity index (χ3n) is 4.85. The Balaban J connectivity index is 1.24. The number of anilines is 1. The number of ether oxygens (including phenoxy) is 2. The Morgan fingerprint density at radius 3 is 2.56 bits per heavy atom. The van der Waals surface area contributed by atoms with Gasteiger partial charge in [-0.05, 0) is 29.8 Å². The van der Waals surface area contributed by atoms with E-state index in [1.807, 2.05) is 12.1 Å². The van der Waals surface area contributed by atoms with Crippen LogP contribution in [0.4, 0.5) is 5.69 Å². The Kier molecular flexibility index (Phi) is 5.13. The molecule has 7 nitrogen and oxygen atoms in total. The normalized spacial score (nSPS) is 17.0. The summed E-state index contributed by atoms with van der Waals surface area (Å²) in [6, 6.07) is 12.8. The lowest BCUT2D eigenvalue weighted by atomic mass is 10.1. The summed E-state index contributed by atoms with van der Waals surface area (Å²) < 4.78 is 10.8. The van der Waals surface area contributed by atoms with E-state index in [-0.39, 0.29) is 11.7 Å². The van der Waals surface area contributed by atoms with Crippen molar-refractivity contribution in [2.45, 2.75) is 6.54 Å². The zero-order valence-electron chi connectivity index (χ0n) is 15.1. The van der Waals surface area contributed by atoms with Crippen molar-refractivity contribution in [2.75, 3.05) is 44.8 Å². The lowest BCUT2D eigenvalue weighted by Crippen LogP contribution is -2.48. The first kappa shape index (κ1) is 17.6. The second-order valence-corrected chi connectivity index (χ2v) is 6.81. The predicted octanol–water partition coefficient (Wildman–Crippen LogP) is 1.88. The topological polar surface area (TPSA) is 74.3 Å². The summed E-state index contributed by atoms with van der Waals surface area (Å²) in [5.74, 6) is 1.59. The first-order valence-electron chi connectivity index (χ1n) is 9.08. The van der Waals surface area contributed by atoms with Crippen LogP contribution in [0.5, 0.6) is 17.2 Å². The zero-order chi connectivity index (χ0) is 18.6. The first-order valence-corrected chi connectivity index (χ1v) is 9.08. The molecular formula is C20H23N3O4. The number of hydrogen-bond acceptors (Lipinski definition) is 6. The molecule has 0 bridgehead atoms.